The molecule has 4 aromatic carbocycles. The summed E-state index contributed by atoms with van der Waals surface area (Å²) in [5.74, 6) is -3.31. The number of methoxy groups -OCH3 is 1. The number of amides is 1. The Morgan fingerprint density at radius 3 is 2.18 bits per heavy atom. The number of fused-ring (bicyclic) bond motifs is 1. The summed E-state index contributed by atoms with van der Waals surface area (Å²) in [6.07, 6.45) is 0.130. The highest BCUT2D eigenvalue weighted by Gasteiger charge is 2.24. The van der Waals surface area contributed by atoms with E-state index in [4.69, 9.17) is 4.74 Å². The Hall–Kier alpha value is -4.26. The minimum Gasteiger partial charge on any atom is -0.507 e. The van der Waals surface area contributed by atoms with E-state index in [2.05, 4.69) is 5.32 Å². The SMILES string of the molecule is COC(=O)[C@H](Cc1ccc(-c2ccc(F)c(F)c2)cc1)NC(=O)c1cc2ccccc2cc1O. The Labute approximate surface area is 194 Å². The van der Waals surface area contributed by atoms with E-state index in [1.807, 2.05) is 24.3 Å². The van der Waals surface area contributed by atoms with Gasteiger partial charge < -0.3 is 15.2 Å². The molecule has 1 amide bonds. The van der Waals surface area contributed by atoms with Crippen LogP contribution in [0.3, 0.4) is 0 Å². The third-order valence-corrected chi connectivity index (χ3v) is 5.55. The zero-order valence-electron chi connectivity index (χ0n) is 18.2. The Balaban J connectivity index is 1.53. The van der Waals surface area contributed by atoms with Crippen molar-refractivity contribution in [2.24, 2.45) is 0 Å². The first kappa shape index (κ1) is 22.9. The maximum Gasteiger partial charge on any atom is 0.328 e. The number of esters is 1. The van der Waals surface area contributed by atoms with Crippen LogP contribution in [-0.2, 0) is 16.0 Å². The van der Waals surface area contributed by atoms with Crippen molar-refractivity contribution in [3.05, 3.63) is 102 Å². The zero-order chi connectivity index (χ0) is 24.2. The van der Waals surface area contributed by atoms with Crippen LogP contribution in [-0.4, -0.2) is 30.1 Å². The first-order valence-electron chi connectivity index (χ1n) is 10.5. The van der Waals surface area contributed by atoms with E-state index in [1.54, 1.807) is 30.3 Å². The molecule has 0 unspecified atom stereocenters. The fourth-order valence-corrected chi connectivity index (χ4v) is 3.73. The van der Waals surface area contributed by atoms with E-state index >= 15 is 0 Å². The lowest BCUT2D eigenvalue weighted by Gasteiger charge is -2.17. The second-order valence-electron chi connectivity index (χ2n) is 7.80. The van der Waals surface area contributed by atoms with Crippen molar-refractivity contribution in [2.75, 3.05) is 7.11 Å². The summed E-state index contributed by atoms with van der Waals surface area (Å²) in [4.78, 5) is 25.2. The van der Waals surface area contributed by atoms with Gasteiger partial charge in [0.2, 0.25) is 0 Å². The molecule has 4 rings (SSSR count). The highest BCUT2D eigenvalue weighted by molar-refractivity contribution is 6.02. The first-order valence-corrected chi connectivity index (χ1v) is 10.5. The summed E-state index contributed by atoms with van der Waals surface area (Å²) >= 11 is 0. The van der Waals surface area contributed by atoms with Gasteiger partial charge in [0.1, 0.15) is 11.8 Å². The highest BCUT2D eigenvalue weighted by Crippen LogP contribution is 2.26. The van der Waals surface area contributed by atoms with Gasteiger partial charge >= 0.3 is 5.97 Å². The molecule has 0 aliphatic carbocycles. The minimum atomic E-state index is -1.00. The van der Waals surface area contributed by atoms with E-state index in [1.165, 1.54) is 19.2 Å². The lowest BCUT2D eigenvalue weighted by molar-refractivity contribution is -0.142. The summed E-state index contributed by atoms with van der Waals surface area (Å²) < 4.78 is 31.6. The number of phenols is 1. The molecule has 0 heterocycles. The normalized spacial score (nSPS) is 11.7. The molecule has 5 nitrogen and oxygen atoms in total. The number of phenolic OH excluding ortho intramolecular Hbond substituents is 1. The number of halogens is 2. The molecule has 2 N–H and O–H groups in total. The Bertz CT molecular complexity index is 1370. The lowest BCUT2D eigenvalue weighted by Crippen LogP contribution is -2.43. The van der Waals surface area contributed by atoms with Crippen LogP contribution in [0.25, 0.3) is 21.9 Å². The molecular formula is C27H21F2NO4. The van der Waals surface area contributed by atoms with Crippen molar-refractivity contribution in [3.63, 3.8) is 0 Å². The lowest BCUT2D eigenvalue weighted by atomic mass is 10.00. The molecule has 0 saturated carbocycles. The molecule has 34 heavy (non-hydrogen) atoms. The Morgan fingerprint density at radius 2 is 1.53 bits per heavy atom. The topological polar surface area (TPSA) is 75.6 Å². The van der Waals surface area contributed by atoms with Crippen LogP contribution < -0.4 is 5.32 Å². The van der Waals surface area contributed by atoms with E-state index in [0.717, 1.165) is 22.9 Å². The molecule has 7 heteroatoms. The number of hydrogen-bond acceptors (Lipinski definition) is 4. The molecule has 0 aliphatic rings. The van der Waals surface area contributed by atoms with Crippen LogP contribution in [0.1, 0.15) is 15.9 Å². The van der Waals surface area contributed by atoms with Crippen molar-refractivity contribution in [1.29, 1.82) is 0 Å². The quantitative estimate of drug-likeness (QED) is 0.396. The van der Waals surface area contributed by atoms with Gasteiger partial charge in [0.15, 0.2) is 11.6 Å². The van der Waals surface area contributed by atoms with E-state index in [0.29, 0.717) is 16.7 Å². The predicted molar refractivity (Wildman–Crippen MR) is 124 cm³/mol. The predicted octanol–water partition coefficient (Wildman–Crippen LogP) is 5.00. The average Bonchev–Trinajstić information content (AvgIpc) is 2.84. The number of aromatic hydroxyl groups is 1. The van der Waals surface area contributed by atoms with Gasteiger partial charge in [0.05, 0.1) is 12.7 Å². The molecule has 0 aromatic heterocycles. The van der Waals surface area contributed by atoms with E-state index in [-0.39, 0.29) is 17.7 Å². The molecule has 0 saturated heterocycles. The third-order valence-electron chi connectivity index (χ3n) is 5.55. The van der Waals surface area contributed by atoms with Crippen molar-refractivity contribution >= 4 is 22.6 Å². The van der Waals surface area contributed by atoms with Gasteiger partial charge in [-0.25, -0.2) is 13.6 Å². The maximum absolute atomic E-state index is 13.5. The van der Waals surface area contributed by atoms with Gasteiger partial charge in [-0.15, -0.1) is 0 Å². The van der Waals surface area contributed by atoms with Gasteiger partial charge in [-0.3, -0.25) is 4.79 Å². The number of nitrogens with one attached hydrogen (secondary N) is 1. The molecule has 0 aliphatic heterocycles. The number of carbonyl (C=O) groups is 2. The summed E-state index contributed by atoms with van der Waals surface area (Å²) in [6, 6.07) is 19.9. The smallest absolute Gasteiger partial charge is 0.328 e. The fraction of sp³-hybridized carbons (Fsp3) is 0.111. The van der Waals surface area contributed by atoms with Crippen LogP contribution in [0.15, 0.2) is 78.9 Å². The van der Waals surface area contributed by atoms with Crippen molar-refractivity contribution < 1.29 is 28.2 Å². The number of rotatable bonds is 6. The Morgan fingerprint density at radius 1 is 0.882 bits per heavy atom. The van der Waals surface area contributed by atoms with Crippen LogP contribution >= 0.6 is 0 Å². The minimum absolute atomic E-state index is 0.0429. The molecule has 0 fully saturated rings. The van der Waals surface area contributed by atoms with Crippen molar-refractivity contribution in [1.82, 2.24) is 5.32 Å². The van der Waals surface area contributed by atoms with Gasteiger partial charge in [0, 0.05) is 6.42 Å². The second kappa shape index (κ2) is 9.70. The number of carbonyl (C=O) groups excluding carboxylic acids is 2. The number of hydrogen-bond donors (Lipinski definition) is 2. The average molecular weight is 461 g/mol. The van der Waals surface area contributed by atoms with Crippen LogP contribution in [0, 0.1) is 11.6 Å². The summed E-state index contributed by atoms with van der Waals surface area (Å²) in [6.45, 7) is 0. The van der Waals surface area contributed by atoms with Gasteiger partial charge in [-0.2, -0.15) is 0 Å². The molecule has 4 aromatic rings. The summed E-state index contributed by atoms with van der Waals surface area (Å²) in [5, 5.41) is 14.5. The molecular weight excluding hydrogens is 440 g/mol. The summed E-state index contributed by atoms with van der Waals surface area (Å²) in [5.41, 5.74) is 1.93. The zero-order valence-corrected chi connectivity index (χ0v) is 18.2. The standard InChI is InChI=1S/C27H21F2NO4/c1-34-27(33)24(30-26(32)21-13-18-4-2-3-5-19(18)15-25(21)31)12-16-6-8-17(9-7-16)20-10-11-22(28)23(29)14-20/h2-11,13-15,24,31H,12H2,1H3,(H,30,32)/t24-/m0/s1. The first-order chi connectivity index (χ1) is 16.4. The van der Waals surface area contributed by atoms with Crippen LogP contribution in [0.5, 0.6) is 5.75 Å². The van der Waals surface area contributed by atoms with Crippen LogP contribution in [0.2, 0.25) is 0 Å². The maximum atomic E-state index is 13.5. The molecule has 0 spiro atoms. The number of ether oxygens (including phenoxy) is 1. The second-order valence-corrected chi connectivity index (χ2v) is 7.80. The highest BCUT2D eigenvalue weighted by atomic mass is 19.2. The van der Waals surface area contributed by atoms with E-state index < -0.39 is 29.6 Å². The third kappa shape index (κ3) is 4.88. The van der Waals surface area contributed by atoms with Gasteiger partial charge in [-0.1, -0.05) is 54.6 Å². The monoisotopic (exact) mass is 461 g/mol. The molecule has 0 radical (unpaired) electrons. The Kier molecular flexibility index (Phi) is 6.54. The van der Waals surface area contributed by atoms with Crippen molar-refractivity contribution in [2.45, 2.75) is 12.5 Å². The fourth-order valence-electron chi connectivity index (χ4n) is 3.73. The molecule has 172 valence electrons. The summed E-state index contributed by atoms with van der Waals surface area (Å²) in [7, 11) is 1.22. The number of benzene rings is 4. The van der Waals surface area contributed by atoms with Crippen molar-refractivity contribution in [3.8, 4) is 16.9 Å². The van der Waals surface area contributed by atoms with Gasteiger partial charge in [-0.05, 0) is 51.7 Å². The molecule has 1 atom stereocenters. The van der Waals surface area contributed by atoms with Crippen LogP contribution in [0.4, 0.5) is 8.78 Å². The molecule has 0 bridgehead atoms. The van der Waals surface area contributed by atoms with E-state index in [9.17, 15) is 23.5 Å². The largest absolute Gasteiger partial charge is 0.507 e. The van der Waals surface area contributed by atoms with Gasteiger partial charge in [0.25, 0.3) is 5.91 Å².